The fraction of sp³-hybridized carbons (Fsp3) is 0.250. The molecule has 0 saturated carbocycles. The van der Waals surface area contributed by atoms with E-state index in [-0.39, 0.29) is 36.8 Å². The predicted octanol–water partition coefficient (Wildman–Crippen LogP) is 4.75. The first-order chi connectivity index (χ1) is 17.1. The number of carboxylic acids is 1. The molecule has 2 heterocycles. The summed E-state index contributed by atoms with van der Waals surface area (Å²) in [6, 6.07) is 9.19. The molecule has 0 aliphatic carbocycles. The van der Waals surface area contributed by atoms with Crippen molar-refractivity contribution >= 4 is 34.9 Å². The van der Waals surface area contributed by atoms with Gasteiger partial charge < -0.3 is 19.5 Å². The molecule has 0 radical (unpaired) electrons. The molecule has 0 spiro atoms. The fourth-order valence-electron chi connectivity index (χ4n) is 3.47. The van der Waals surface area contributed by atoms with Gasteiger partial charge in [0.15, 0.2) is 16.7 Å². The van der Waals surface area contributed by atoms with E-state index in [1.54, 1.807) is 30.0 Å². The highest BCUT2D eigenvalue weighted by atomic mass is 32.2. The lowest BCUT2D eigenvalue weighted by Gasteiger charge is -2.37. The number of hydrogen-bond donors (Lipinski definition) is 1. The number of rotatable bonds is 6. The van der Waals surface area contributed by atoms with Crippen LogP contribution in [0.5, 0.6) is 17.2 Å². The number of likely N-dealkylation sites (tertiary alicyclic amines) is 1. The number of ether oxygens (including phenoxy) is 2. The quantitative estimate of drug-likeness (QED) is 0.546. The molecular formula is C24H18F3N3O5S. The number of amides is 1. The van der Waals surface area contributed by atoms with Crippen molar-refractivity contribution < 1.29 is 37.3 Å². The smallest absolute Gasteiger partial charge is 0.420 e. The van der Waals surface area contributed by atoms with Crippen LogP contribution in [0.2, 0.25) is 0 Å². The van der Waals surface area contributed by atoms with E-state index >= 15 is 0 Å². The maximum atomic E-state index is 13.5. The van der Waals surface area contributed by atoms with E-state index in [2.05, 4.69) is 4.99 Å². The van der Waals surface area contributed by atoms with E-state index in [1.165, 1.54) is 18.2 Å². The van der Waals surface area contributed by atoms with Gasteiger partial charge >= 0.3 is 12.1 Å². The lowest BCUT2D eigenvalue weighted by Crippen LogP contribution is -2.51. The topological polar surface area (TPSA) is 112 Å². The third-order valence-corrected chi connectivity index (χ3v) is 6.35. The van der Waals surface area contributed by atoms with Crippen LogP contribution in [-0.4, -0.2) is 46.7 Å². The maximum absolute atomic E-state index is 13.5. The Hall–Kier alpha value is -3.98. The van der Waals surface area contributed by atoms with Crippen molar-refractivity contribution in [3.63, 3.8) is 0 Å². The lowest BCUT2D eigenvalue weighted by atomic mass is 10.0. The molecule has 8 nitrogen and oxygen atoms in total. The Labute approximate surface area is 207 Å². The average molecular weight is 517 g/mol. The number of alkyl halides is 3. The summed E-state index contributed by atoms with van der Waals surface area (Å²) in [6.07, 6.45) is -3.18. The molecule has 1 amide bonds. The molecule has 36 heavy (non-hydrogen) atoms. The summed E-state index contributed by atoms with van der Waals surface area (Å²) in [7, 11) is 0. The van der Waals surface area contributed by atoms with Crippen LogP contribution in [0.1, 0.15) is 23.6 Å². The molecule has 1 saturated heterocycles. The molecule has 1 fully saturated rings. The van der Waals surface area contributed by atoms with E-state index < -0.39 is 35.3 Å². The zero-order valence-electron chi connectivity index (χ0n) is 18.7. The van der Waals surface area contributed by atoms with Gasteiger partial charge in [0.1, 0.15) is 5.75 Å². The van der Waals surface area contributed by atoms with Crippen molar-refractivity contribution in [2.75, 3.05) is 19.7 Å². The van der Waals surface area contributed by atoms with Gasteiger partial charge in [-0.3, -0.25) is 9.59 Å². The van der Waals surface area contributed by atoms with Gasteiger partial charge in [0.2, 0.25) is 0 Å². The first-order valence-corrected chi connectivity index (χ1v) is 11.5. The number of carboxylic acid groups (broad SMARTS) is 1. The monoisotopic (exact) mass is 517 g/mol. The van der Waals surface area contributed by atoms with Crippen molar-refractivity contribution in [1.82, 2.24) is 4.90 Å². The number of amidine groups is 1. The Morgan fingerprint density at radius 1 is 1.25 bits per heavy atom. The highest BCUT2D eigenvalue weighted by molar-refractivity contribution is 8.18. The van der Waals surface area contributed by atoms with Crippen LogP contribution in [-0.2, 0) is 15.8 Å². The second kappa shape index (κ2) is 9.94. The Morgan fingerprint density at radius 3 is 2.61 bits per heavy atom. The van der Waals surface area contributed by atoms with Crippen LogP contribution < -0.4 is 9.47 Å². The van der Waals surface area contributed by atoms with E-state index in [4.69, 9.17) is 19.8 Å². The van der Waals surface area contributed by atoms with E-state index in [1.807, 2.05) is 0 Å². The molecule has 2 aromatic carbocycles. The number of hydrogen-bond acceptors (Lipinski definition) is 7. The summed E-state index contributed by atoms with van der Waals surface area (Å²) in [4.78, 5) is 29.3. The van der Waals surface area contributed by atoms with E-state index in [0.717, 1.165) is 17.8 Å². The Morgan fingerprint density at radius 2 is 1.97 bits per heavy atom. The first kappa shape index (κ1) is 25.1. The molecule has 0 atom stereocenters. The molecule has 0 bridgehead atoms. The standard InChI is InChI=1S/C24H18F3N3O5S/c1-2-34-19-8-13(9-20-21(31)29-23(36-20)30-11-15(12-30)22(32)33)3-6-18(19)35-17-5-4-14(10-28)7-16(17)24(25,26)27/h3-9,15H,2,11-12H2,1H3,(H,32,33)/b20-9+. The Balaban J connectivity index is 1.56. The molecular weight excluding hydrogens is 499 g/mol. The van der Waals surface area contributed by atoms with Gasteiger partial charge in [-0.2, -0.15) is 23.4 Å². The number of nitriles is 1. The largest absolute Gasteiger partial charge is 0.490 e. The molecule has 4 rings (SSSR count). The SMILES string of the molecule is CCOc1cc(/C=C2/SC(N3CC(C(=O)O)C3)=NC2=O)ccc1Oc1ccc(C#N)cc1C(F)(F)F. The van der Waals surface area contributed by atoms with Crippen molar-refractivity contribution in [3.8, 4) is 23.3 Å². The van der Waals surface area contributed by atoms with Crippen LogP contribution in [0.15, 0.2) is 46.3 Å². The van der Waals surface area contributed by atoms with Gasteiger partial charge in [0.25, 0.3) is 5.91 Å². The average Bonchev–Trinajstić information content (AvgIpc) is 3.13. The second-order valence-electron chi connectivity index (χ2n) is 7.81. The van der Waals surface area contributed by atoms with Crippen LogP contribution in [0.4, 0.5) is 13.2 Å². The molecule has 1 N–H and O–H groups in total. The highest BCUT2D eigenvalue weighted by Gasteiger charge is 2.38. The molecule has 0 unspecified atom stereocenters. The number of thioether (sulfide) groups is 1. The number of aliphatic imine (C=N–C) groups is 1. The van der Waals surface area contributed by atoms with Gasteiger partial charge in [-0.25, -0.2) is 0 Å². The third-order valence-electron chi connectivity index (χ3n) is 5.31. The van der Waals surface area contributed by atoms with Crippen molar-refractivity contribution in [2.24, 2.45) is 10.9 Å². The Bertz CT molecular complexity index is 1330. The summed E-state index contributed by atoms with van der Waals surface area (Å²) in [6.45, 7) is 2.46. The molecule has 0 aromatic heterocycles. The van der Waals surface area contributed by atoms with Crippen LogP contribution in [0.25, 0.3) is 6.08 Å². The number of aliphatic carboxylic acids is 1. The molecule has 12 heteroatoms. The lowest BCUT2D eigenvalue weighted by molar-refractivity contribution is -0.145. The minimum absolute atomic E-state index is 0.0249. The fourth-order valence-corrected chi connectivity index (χ4v) is 4.40. The number of benzene rings is 2. The Kier molecular flexibility index (Phi) is 6.94. The minimum Gasteiger partial charge on any atom is -0.490 e. The van der Waals surface area contributed by atoms with Gasteiger partial charge in [-0.15, -0.1) is 0 Å². The summed E-state index contributed by atoms with van der Waals surface area (Å²) < 4.78 is 51.7. The predicted molar refractivity (Wildman–Crippen MR) is 125 cm³/mol. The number of carbonyl (C=O) groups is 2. The molecule has 186 valence electrons. The number of nitrogens with zero attached hydrogens (tertiary/aromatic N) is 3. The number of carbonyl (C=O) groups excluding carboxylic acids is 1. The second-order valence-corrected chi connectivity index (χ2v) is 8.82. The van der Waals surface area contributed by atoms with Gasteiger partial charge in [0, 0.05) is 13.1 Å². The normalized spacial score (nSPS) is 17.0. The molecule has 2 aliphatic rings. The summed E-state index contributed by atoms with van der Waals surface area (Å²) >= 11 is 1.12. The van der Waals surface area contributed by atoms with Crippen molar-refractivity contribution in [1.29, 1.82) is 5.26 Å². The first-order valence-electron chi connectivity index (χ1n) is 10.7. The maximum Gasteiger partial charge on any atom is 0.420 e. The van der Waals surface area contributed by atoms with Crippen LogP contribution in [0.3, 0.4) is 0 Å². The zero-order chi connectivity index (χ0) is 26.0. The minimum atomic E-state index is -4.74. The van der Waals surface area contributed by atoms with Crippen molar-refractivity contribution in [2.45, 2.75) is 13.1 Å². The van der Waals surface area contributed by atoms with E-state index in [0.29, 0.717) is 21.7 Å². The third kappa shape index (κ3) is 5.31. The van der Waals surface area contributed by atoms with Crippen molar-refractivity contribution in [3.05, 3.63) is 58.0 Å². The zero-order valence-corrected chi connectivity index (χ0v) is 19.5. The van der Waals surface area contributed by atoms with Gasteiger partial charge in [-0.05, 0) is 60.7 Å². The highest BCUT2D eigenvalue weighted by Crippen LogP contribution is 2.41. The summed E-state index contributed by atoms with van der Waals surface area (Å²) in [5.41, 5.74) is -0.719. The molecule has 2 aromatic rings. The summed E-state index contributed by atoms with van der Waals surface area (Å²) in [5, 5.41) is 18.4. The number of halogens is 3. The van der Waals surface area contributed by atoms with Crippen LogP contribution >= 0.6 is 11.8 Å². The molecule has 2 aliphatic heterocycles. The summed E-state index contributed by atoms with van der Waals surface area (Å²) in [5.74, 6) is -2.16. The van der Waals surface area contributed by atoms with Gasteiger partial charge in [0.05, 0.1) is 34.6 Å². The van der Waals surface area contributed by atoms with Crippen LogP contribution in [0, 0.1) is 17.2 Å². The van der Waals surface area contributed by atoms with E-state index in [9.17, 15) is 22.8 Å². The van der Waals surface area contributed by atoms with Gasteiger partial charge in [-0.1, -0.05) is 6.07 Å².